The van der Waals surface area contributed by atoms with E-state index in [1.54, 1.807) is 51.4 Å². The number of hydroxylamine groups is 2. The van der Waals surface area contributed by atoms with Crippen LogP contribution in [-0.2, 0) is 19.2 Å². The Labute approximate surface area is 274 Å². The van der Waals surface area contributed by atoms with Gasteiger partial charge in [-0.1, -0.05) is 30.3 Å². The van der Waals surface area contributed by atoms with Crippen molar-refractivity contribution in [3.05, 3.63) is 94.5 Å². The zero-order valence-corrected chi connectivity index (χ0v) is 27.1. The number of hydrogen-bond donors (Lipinski definition) is 3. The number of ether oxygens (including phenoxy) is 1. The summed E-state index contributed by atoms with van der Waals surface area (Å²) in [6, 6.07) is 19.9. The molecule has 2 heterocycles. The molecule has 0 bridgehead atoms. The Morgan fingerprint density at radius 1 is 0.936 bits per heavy atom. The second-order valence-electron chi connectivity index (χ2n) is 11.4. The Balaban J connectivity index is 1.25. The molecule has 0 spiro atoms. The van der Waals surface area contributed by atoms with Crippen LogP contribution in [-0.4, -0.2) is 106 Å². The van der Waals surface area contributed by atoms with Crippen molar-refractivity contribution in [3.63, 3.8) is 0 Å². The molecule has 3 amide bonds. The normalized spacial score (nSPS) is 15.8. The topological polar surface area (TPSA) is 133 Å². The molecule has 0 aliphatic carbocycles. The molecule has 2 aliphatic rings. The van der Waals surface area contributed by atoms with Gasteiger partial charge in [-0.2, -0.15) is 0 Å². The third-order valence-corrected chi connectivity index (χ3v) is 8.32. The molecule has 0 atom stereocenters. The van der Waals surface area contributed by atoms with E-state index in [-0.39, 0.29) is 17.7 Å². The summed E-state index contributed by atoms with van der Waals surface area (Å²) in [5.41, 5.74) is 5.21. The molecular weight excluding hydrogens is 600 g/mol. The van der Waals surface area contributed by atoms with Crippen molar-refractivity contribution in [2.75, 3.05) is 77.7 Å². The summed E-state index contributed by atoms with van der Waals surface area (Å²) in [6.07, 6.45) is 0. The lowest BCUT2D eigenvalue weighted by atomic mass is 9.96. The molecule has 12 nitrogen and oxygen atoms in total. The Bertz CT molecular complexity index is 1670. The number of carbonyl (C=O) groups excluding carboxylic acids is 4. The van der Waals surface area contributed by atoms with Crippen LogP contribution in [0.25, 0.3) is 11.3 Å². The zero-order chi connectivity index (χ0) is 33.5. The predicted molar refractivity (Wildman–Crippen MR) is 179 cm³/mol. The van der Waals surface area contributed by atoms with Gasteiger partial charge in [0.2, 0.25) is 5.91 Å². The van der Waals surface area contributed by atoms with Gasteiger partial charge < -0.3 is 20.7 Å². The lowest BCUT2D eigenvalue weighted by Gasteiger charge is -2.34. The average molecular weight is 641 g/mol. The highest BCUT2D eigenvalue weighted by molar-refractivity contribution is 6.37. The summed E-state index contributed by atoms with van der Waals surface area (Å²) >= 11 is 0. The van der Waals surface area contributed by atoms with E-state index in [1.165, 1.54) is 12.2 Å². The summed E-state index contributed by atoms with van der Waals surface area (Å²) in [5, 5.41) is 10.2. The maximum Gasteiger partial charge on any atom is 0.338 e. The molecule has 0 aromatic heterocycles. The molecule has 5 rings (SSSR count). The third-order valence-electron chi connectivity index (χ3n) is 8.32. The quantitative estimate of drug-likeness (QED) is 0.164. The number of carbonyl (C=O) groups is 4. The van der Waals surface area contributed by atoms with Gasteiger partial charge in [0, 0.05) is 63.6 Å². The number of nitrogens with zero attached hydrogens (tertiary/aromatic N) is 3. The van der Waals surface area contributed by atoms with Crippen molar-refractivity contribution in [1.29, 1.82) is 0 Å². The number of esters is 1. The maximum absolute atomic E-state index is 13.4. The lowest BCUT2D eigenvalue weighted by Crippen LogP contribution is -2.50. The van der Waals surface area contributed by atoms with Gasteiger partial charge in [-0.25, -0.2) is 9.86 Å². The molecule has 3 aromatic rings. The first-order chi connectivity index (χ1) is 22.7. The molecule has 3 aromatic carbocycles. The first-order valence-electron chi connectivity index (χ1n) is 15.5. The Kier molecular flexibility index (Phi) is 10.7. The van der Waals surface area contributed by atoms with E-state index in [0.717, 1.165) is 31.7 Å². The van der Waals surface area contributed by atoms with Crippen LogP contribution in [0.3, 0.4) is 0 Å². The van der Waals surface area contributed by atoms with Crippen LogP contribution in [0.2, 0.25) is 0 Å². The van der Waals surface area contributed by atoms with Gasteiger partial charge >= 0.3 is 5.97 Å². The van der Waals surface area contributed by atoms with E-state index in [1.807, 2.05) is 36.4 Å². The number of nitrogens with one attached hydrogen (secondary N) is 3. The molecule has 0 unspecified atom stereocenters. The van der Waals surface area contributed by atoms with Crippen LogP contribution in [0.4, 0.5) is 11.4 Å². The van der Waals surface area contributed by atoms with Crippen molar-refractivity contribution >= 4 is 46.3 Å². The molecule has 0 radical (unpaired) electrons. The van der Waals surface area contributed by atoms with Crippen molar-refractivity contribution in [1.82, 2.24) is 20.2 Å². The molecule has 2 aliphatic heterocycles. The van der Waals surface area contributed by atoms with Crippen LogP contribution in [0.15, 0.2) is 66.7 Å². The number of amides is 3. The van der Waals surface area contributed by atoms with Gasteiger partial charge in [0.05, 0.1) is 42.8 Å². The first kappa shape index (κ1) is 33.3. The minimum Gasteiger partial charge on any atom is -0.465 e. The number of rotatable bonds is 11. The largest absolute Gasteiger partial charge is 0.465 e. The average Bonchev–Trinajstić information content (AvgIpc) is 3.41. The summed E-state index contributed by atoms with van der Waals surface area (Å²) < 4.78 is 4.90. The third kappa shape index (κ3) is 7.86. The van der Waals surface area contributed by atoms with Crippen molar-refractivity contribution in [3.8, 4) is 0 Å². The molecular formula is C35H40N6O6. The van der Waals surface area contributed by atoms with Gasteiger partial charge in [-0.15, -0.1) is 0 Å². The Hall–Kier alpha value is -5.04. The highest BCUT2D eigenvalue weighted by atomic mass is 16.7. The number of anilines is 2. The molecule has 12 heteroatoms. The monoisotopic (exact) mass is 640 g/mol. The van der Waals surface area contributed by atoms with Crippen LogP contribution in [0.1, 0.15) is 37.4 Å². The summed E-state index contributed by atoms with van der Waals surface area (Å²) in [7, 11) is 4.56. The van der Waals surface area contributed by atoms with Gasteiger partial charge in [0.25, 0.3) is 11.8 Å². The highest BCUT2D eigenvalue weighted by Gasteiger charge is 2.30. The first-order valence-corrected chi connectivity index (χ1v) is 15.5. The molecule has 246 valence electrons. The van der Waals surface area contributed by atoms with Gasteiger partial charge in [0.15, 0.2) is 0 Å². The summed E-state index contributed by atoms with van der Waals surface area (Å²) in [5.74, 6) is -1.05. The summed E-state index contributed by atoms with van der Waals surface area (Å²) in [4.78, 5) is 60.4. The van der Waals surface area contributed by atoms with E-state index in [9.17, 15) is 19.2 Å². The van der Waals surface area contributed by atoms with Gasteiger partial charge in [-0.3, -0.25) is 29.0 Å². The van der Waals surface area contributed by atoms with Crippen LogP contribution >= 0.6 is 0 Å². The van der Waals surface area contributed by atoms with Crippen LogP contribution in [0.5, 0.6) is 0 Å². The number of benzene rings is 3. The number of fused-ring (bicyclic) bond motifs is 1. The highest BCUT2D eigenvalue weighted by Crippen LogP contribution is 2.39. The minimum atomic E-state index is -0.474. The maximum atomic E-state index is 13.4. The zero-order valence-electron chi connectivity index (χ0n) is 27.1. The molecule has 1 fully saturated rings. The number of methoxy groups -OCH3 is 1. The Morgan fingerprint density at radius 2 is 1.62 bits per heavy atom. The number of aryl methyl sites for hydroxylation is 1. The SMILES string of the molecule is CNC(=O)CN1CCN(CCON(C)C(=O)c2ccc(NC(=C3C(=O)Nc4cc(C(=O)OC)c(C)cc43)c3ccccc3)cc2)CC1. The fraction of sp³-hybridized carbons (Fsp3) is 0.314. The van der Waals surface area contributed by atoms with E-state index in [0.29, 0.717) is 64.6 Å². The van der Waals surface area contributed by atoms with Gasteiger partial charge in [-0.05, 0) is 54.4 Å². The van der Waals surface area contributed by atoms with Crippen molar-refractivity contribution < 1.29 is 28.8 Å². The van der Waals surface area contributed by atoms with E-state index >= 15 is 0 Å². The minimum absolute atomic E-state index is 0.0122. The second-order valence-corrected chi connectivity index (χ2v) is 11.4. The van der Waals surface area contributed by atoms with E-state index < -0.39 is 5.97 Å². The molecule has 1 saturated heterocycles. The Morgan fingerprint density at radius 3 is 2.28 bits per heavy atom. The van der Waals surface area contributed by atoms with E-state index in [2.05, 4.69) is 25.8 Å². The number of hydrogen-bond acceptors (Lipinski definition) is 9. The lowest BCUT2D eigenvalue weighted by molar-refractivity contribution is -0.122. The number of piperazine rings is 1. The fourth-order valence-electron chi connectivity index (χ4n) is 5.63. The molecule has 3 N–H and O–H groups in total. The van der Waals surface area contributed by atoms with Crippen LogP contribution in [0, 0.1) is 6.92 Å². The number of likely N-dealkylation sites (N-methyl/N-ethyl adjacent to an activating group) is 1. The van der Waals surface area contributed by atoms with Crippen molar-refractivity contribution in [2.45, 2.75) is 6.92 Å². The van der Waals surface area contributed by atoms with E-state index in [4.69, 9.17) is 9.57 Å². The fourth-order valence-corrected chi connectivity index (χ4v) is 5.63. The predicted octanol–water partition coefficient (Wildman–Crippen LogP) is 3.08. The smallest absolute Gasteiger partial charge is 0.338 e. The molecule has 0 saturated carbocycles. The second kappa shape index (κ2) is 15.0. The molecule has 47 heavy (non-hydrogen) atoms. The van der Waals surface area contributed by atoms with Crippen LogP contribution < -0.4 is 16.0 Å². The standard InChI is InChI=1S/C35H40N6O6/c1-23-20-28-29(21-27(23)35(45)46-4)38-33(43)31(28)32(24-8-6-5-7-9-24)37-26-12-10-25(11-13-26)34(44)39(3)47-19-18-40-14-16-41(17-15-40)22-30(42)36-2/h5-13,20-21,37H,14-19,22H2,1-4H3,(H,36,42)(H,38,43). The van der Waals surface area contributed by atoms with Gasteiger partial charge in [0.1, 0.15) is 0 Å². The summed E-state index contributed by atoms with van der Waals surface area (Å²) in [6.45, 7) is 6.50. The van der Waals surface area contributed by atoms with Crippen molar-refractivity contribution in [2.24, 2.45) is 0 Å².